The number of hydrogen-bond donors (Lipinski definition) is 1. The van der Waals surface area contributed by atoms with Crippen molar-refractivity contribution in [3.8, 4) is 11.3 Å². The third kappa shape index (κ3) is 1.91. The fourth-order valence-corrected chi connectivity index (χ4v) is 3.38. The Morgan fingerprint density at radius 2 is 2.41 bits per heavy atom. The number of fused-ring (bicyclic) bond motifs is 3. The van der Waals surface area contributed by atoms with Gasteiger partial charge in [0, 0.05) is 29.3 Å². The Labute approximate surface area is 105 Å². The first-order valence-electron chi connectivity index (χ1n) is 6.08. The highest BCUT2D eigenvalue weighted by molar-refractivity contribution is 7.12. The van der Waals surface area contributed by atoms with Gasteiger partial charge in [-0.3, -0.25) is 0 Å². The molecule has 90 valence electrons. The van der Waals surface area contributed by atoms with Gasteiger partial charge in [-0.25, -0.2) is 4.98 Å². The van der Waals surface area contributed by atoms with Gasteiger partial charge < -0.3 is 10.2 Å². The summed E-state index contributed by atoms with van der Waals surface area (Å²) in [5.74, 6) is 1.08. The Morgan fingerprint density at radius 1 is 1.53 bits per heavy atom. The van der Waals surface area contributed by atoms with E-state index in [1.807, 2.05) is 17.4 Å². The van der Waals surface area contributed by atoms with Gasteiger partial charge >= 0.3 is 0 Å². The maximum atomic E-state index is 5.99. The van der Waals surface area contributed by atoms with E-state index in [0.29, 0.717) is 0 Å². The largest absolute Gasteiger partial charge is 0.469 e. The van der Waals surface area contributed by atoms with E-state index in [9.17, 15) is 0 Å². The van der Waals surface area contributed by atoms with E-state index in [0.717, 1.165) is 37.1 Å². The van der Waals surface area contributed by atoms with Crippen LogP contribution >= 0.6 is 11.3 Å². The molecule has 0 fully saturated rings. The van der Waals surface area contributed by atoms with Crippen LogP contribution in [-0.4, -0.2) is 11.0 Å². The van der Waals surface area contributed by atoms with Gasteiger partial charge in [-0.2, -0.15) is 0 Å². The number of aromatic nitrogens is 1. The molecule has 1 aliphatic rings. The smallest absolute Gasteiger partial charge is 0.113 e. The number of nitrogens with zero attached hydrogens (tertiary/aromatic N) is 1. The van der Waals surface area contributed by atoms with Gasteiger partial charge in [0.05, 0.1) is 17.0 Å². The van der Waals surface area contributed by atoms with Crippen LogP contribution < -0.4 is 5.73 Å². The third-order valence-corrected chi connectivity index (χ3v) is 4.42. The predicted octanol–water partition coefficient (Wildman–Crippen LogP) is 2.78. The summed E-state index contributed by atoms with van der Waals surface area (Å²) in [7, 11) is 0. The van der Waals surface area contributed by atoms with Gasteiger partial charge in [0.2, 0.25) is 0 Å². The molecule has 1 atom stereocenters. The fourth-order valence-electron chi connectivity index (χ4n) is 2.21. The van der Waals surface area contributed by atoms with Gasteiger partial charge in [0.1, 0.15) is 5.76 Å². The molecule has 0 saturated carbocycles. The van der Waals surface area contributed by atoms with Crippen molar-refractivity contribution in [2.75, 3.05) is 0 Å². The minimum Gasteiger partial charge on any atom is -0.469 e. The minimum absolute atomic E-state index is 0.228. The van der Waals surface area contributed by atoms with E-state index in [2.05, 4.69) is 6.92 Å². The van der Waals surface area contributed by atoms with Gasteiger partial charge in [0.15, 0.2) is 0 Å². The van der Waals surface area contributed by atoms with Crippen LogP contribution in [-0.2, 0) is 19.3 Å². The summed E-state index contributed by atoms with van der Waals surface area (Å²) < 4.78 is 5.46. The average Bonchev–Trinajstić information content (AvgIpc) is 2.92. The molecular formula is C13H16N2OS. The summed E-state index contributed by atoms with van der Waals surface area (Å²) in [5, 5.41) is 1.17. The lowest BCUT2D eigenvalue weighted by Gasteiger charge is -2.07. The second-order valence-electron chi connectivity index (χ2n) is 4.51. The topological polar surface area (TPSA) is 52.0 Å². The molecule has 0 aromatic carbocycles. The monoisotopic (exact) mass is 248 g/mol. The Bertz CT molecular complexity index is 529. The van der Waals surface area contributed by atoms with Gasteiger partial charge in [-0.1, -0.05) is 6.92 Å². The van der Waals surface area contributed by atoms with Crippen LogP contribution in [0.2, 0.25) is 0 Å². The molecule has 1 aliphatic carbocycles. The molecule has 3 rings (SSSR count). The van der Waals surface area contributed by atoms with E-state index in [-0.39, 0.29) is 6.04 Å². The number of furan rings is 1. The minimum atomic E-state index is 0.228. The third-order valence-electron chi connectivity index (χ3n) is 3.28. The lowest BCUT2D eigenvalue weighted by atomic mass is 10.0. The van der Waals surface area contributed by atoms with Crippen molar-refractivity contribution in [1.29, 1.82) is 0 Å². The summed E-state index contributed by atoms with van der Waals surface area (Å²) in [6.45, 7) is 2.12. The van der Waals surface area contributed by atoms with Gasteiger partial charge in [-0.15, -0.1) is 11.3 Å². The summed E-state index contributed by atoms with van der Waals surface area (Å²) in [4.78, 5) is 6.12. The number of thiazole rings is 1. The normalized spacial score (nSPS) is 15.4. The van der Waals surface area contributed by atoms with E-state index in [1.54, 1.807) is 6.26 Å². The first-order valence-corrected chi connectivity index (χ1v) is 6.90. The molecule has 2 N–H and O–H groups in total. The van der Waals surface area contributed by atoms with Crippen LogP contribution in [0.4, 0.5) is 0 Å². The van der Waals surface area contributed by atoms with Crippen LogP contribution in [0.5, 0.6) is 0 Å². The summed E-state index contributed by atoms with van der Waals surface area (Å²) in [6.07, 6.45) is 5.70. The maximum Gasteiger partial charge on any atom is 0.113 e. The first-order chi connectivity index (χ1) is 8.28. The van der Waals surface area contributed by atoms with Crippen molar-refractivity contribution < 1.29 is 4.42 Å². The Hall–Kier alpha value is -1.13. The Kier molecular flexibility index (Phi) is 2.76. The zero-order valence-corrected chi connectivity index (χ0v) is 10.7. The van der Waals surface area contributed by atoms with Crippen molar-refractivity contribution in [3.63, 3.8) is 0 Å². The molecule has 1 unspecified atom stereocenters. The zero-order valence-electron chi connectivity index (χ0n) is 9.90. The highest BCUT2D eigenvalue weighted by atomic mass is 32.1. The quantitative estimate of drug-likeness (QED) is 0.908. The molecule has 0 aliphatic heterocycles. The van der Waals surface area contributed by atoms with Crippen molar-refractivity contribution in [2.45, 2.75) is 38.6 Å². The second-order valence-corrected chi connectivity index (χ2v) is 5.68. The number of rotatable bonds is 3. The van der Waals surface area contributed by atoms with Crippen LogP contribution in [0.15, 0.2) is 16.7 Å². The number of aryl methyl sites for hydroxylation is 2. The molecule has 0 spiro atoms. The standard InChI is InChI=1S/C13H16N2OS/c1-2-8(14)7-12-15-13-9-5-6-16-10(9)3-4-11(13)17-12/h5-6,8H,2-4,7,14H2,1H3. The van der Waals surface area contributed by atoms with Crippen molar-refractivity contribution >= 4 is 11.3 Å². The van der Waals surface area contributed by atoms with Crippen LogP contribution in [0.1, 0.15) is 29.0 Å². The maximum absolute atomic E-state index is 5.99. The molecule has 0 bridgehead atoms. The van der Waals surface area contributed by atoms with Crippen LogP contribution in [0, 0.1) is 0 Å². The summed E-state index contributed by atoms with van der Waals surface area (Å²) in [6, 6.07) is 2.25. The molecule has 4 heteroatoms. The van der Waals surface area contributed by atoms with Gasteiger partial charge in [0.25, 0.3) is 0 Å². The van der Waals surface area contributed by atoms with Crippen molar-refractivity contribution in [3.05, 3.63) is 28.0 Å². The van der Waals surface area contributed by atoms with E-state index < -0.39 is 0 Å². The molecular weight excluding hydrogens is 232 g/mol. The molecule has 3 nitrogen and oxygen atoms in total. The van der Waals surface area contributed by atoms with E-state index in [1.165, 1.54) is 15.4 Å². The molecule has 2 aromatic heterocycles. The Balaban J connectivity index is 1.94. The van der Waals surface area contributed by atoms with Gasteiger partial charge in [-0.05, 0) is 18.9 Å². The molecule has 17 heavy (non-hydrogen) atoms. The lowest BCUT2D eigenvalue weighted by Crippen LogP contribution is -2.21. The van der Waals surface area contributed by atoms with Crippen molar-refractivity contribution in [2.24, 2.45) is 5.73 Å². The lowest BCUT2D eigenvalue weighted by molar-refractivity contribution is 0.508. The predicted molar refractivity (Wildman–Crippen MR) is 69.2 cm³/mol. The molecule has 2 heterocycles. The summed E-state index contributed by atoms with van der Waals surface area (Å²) >= 11 is 1.81. The first kappa shape index (κ1) is 11.0. The second kappa shape index (κ2) is 4.27. The molecule has 0 amide bonds. The number of nitrogens with two attached hydrogens (primary N) is 1. The molecule has 2 aromatic rings. The number of hydrogen-bond acceptors (Lipinski definition) is 4. The van der Waals surface area contributed by atoms with Crippen LogP contribution in [0.3, 0.4) is 0 Å². The average molecular weight is 248 g/mol. The van der Waals surface area contributed by atoms with E-state index >= 15 is 0 Å². The summed E-state index contributed by atoms with van der Waals surface area (Å²) in [5.41, 5.74) is 8.29. The van der Waals surface area contributed by atoms with Crippen molar-refractivity contribution in [1.82, 2.24) is 4.98 Å². The van der Waals surface area contributed by atoms with E-state index in [4.69, 9.17) is 15.1 Å². The SMILES string of the molecule is CCC(N)Cc1nc2c(s1)CCc1occc1-2. The highest BCUT2D eigenvalue weighted by Gasteiger charge is 2.23. The zero-order chi connectivity index (χ0) is 11.8. The Morgan fingerprint density at radius 3 is 3.24 bits per heavy atom. The van der Waals surface area contributed by atoms with Crippen LogP contribution in [0.25, 0.3) is 11.3 Å². The fraction of sp³-hybridized carbons (Fsp3) is 0.462. The molecule has 0 radical (unpaired) electrons. The highest BCUT2D eigenvalue weighted by Crippen LogP contribution is 2.37. The molecule has 0 saturated heterocycles.